The first kappa shape index (κ1) is 18.8. The number of thiophene rings is 1. The fourth-order valence-electron chi connectivity index (χ4n) is 2.91. The summed E-state index contributed by atoms with van der Waals surface area (Å²) in [6.45, 7) is 3.50. The molecule has 140 valence electrons. The molecule has 3 rings (SSSR count). The Labute approximate surface area is 154 Å². The van der Waals surface area contributed by atoms with Crippen LogP contribution in [0.2, 0.25) is 0 Å². The number of piperazine rings is 1. The number of hydrogen-bond donors (Lipinski definition) is 0. The quantitative estimate of drug-likeness (QED) is 0.792. The number of hydrogen-bond acceptors (Lipinski definition) is 5. The van der Waals surface area contributed by atoms with Crippen molar-refractivity contribution < 1.29 is 22.0 Å². The van der Waals surface area contributed by atoms with Crippen LogP contribution in [-0.2, 0) is 9.84 Å². The van der Waals surface area contributed by atoms with E-state index in [4.69, 9.17) is 0 Å². The molecule has 1 aliphatic rings. The van der Waals surface area contributed by atoms with E-state index in [1.165, 1.54) is 29.5 Å². The van der Waals surface area contributed by atoms with Gasteiger partial charge >= 0.3 is 5.76 Å². The minimum absolute atomic E-state index is 0.0590. The van der Waals surface area contributed by atoms with Gasteiger partial charge in [-0.1, -0.05) is 12.1 Å². The highest BCUT2D eigenvalue weighted by Gasteiger charge is 2.32. The van der Waals surface area contributed by atoms with Crippen LogP contribution in [0.25, 0.3) is 0 Å². The molecule has 0 radical (unpaired) electrons. The average Bonchev–Trinajstić information content (AvgIpc) is 3.07. The largest absolute Gasteiger partial charge is 0.367 e. The summed E-state index contributed by atoms with van der Waals surface area (Å²) in [4.78, 5) is 17.3. The van der Waals surface area contributed by atoms with Gasteiger partial charge in [-0.3, -0.25) is 4.79 Å². The molecule has 26 heavy (non-hydrogen) atoms. The van der Waals surface area contributed by atoms with Crippen molar-refractivity contribution in [1.29, 1.82) is 0 Å². The standard InChI is InChI=1S/C17H18F2N2O3S2/c1-12-6-7-14(25-12)16(22)21-10-8-20(9-11-21)13-4-2-3-5-15(13)26(23,24)17(18)19/h2-7,17H,8-11H2,1H3. The predicted octanol–water partition coefficient (Wildman–Crippen LogP) is 3.02. The molecule has 1 saturated heterocycles. The molecular weight excluding hydrogens is 382 g/mol. The van der Waals surface area contributed by atoms with Crippen molar-refractivity contribution in [3.05, 3.63) is 46.2 Å². The summed E-state index contributed by atoms with van der Waals surface area (Å²) in [7, 11) is -4.68. The van der Waals surface area contributed by atoms with Gasteiger partial charge in [-0.2, -0.15) is 8.78 Å². The third kappa shape index (κ3) is 3.59. The van der Waals surface area contributed by atoms with E-state index < -0.39 is 15.6 Å². The molecule has 2 heterocycles. The Morgan fingerprint density at radius 2 is 1.73 bits per heavy atom. The van der Waals surface area contributed by atoms with Gasteiger partial charge in [0.15, 0.2) is 0 Å². The smallest absolute Gasteiger partial charge is 0.341 e. The van der Waals surface area contributed by atoms with Crippen LogP contribution in [0, 0.1) is 6.92 Å². The van der Waals surface area contributed by atoms with E-state index in [2.05, 4.69) is 0 Å². The zero-order chi connectivity index (χ0) is 18.9. The Bertz CT molecular complexity index is 904. The topological polar surface area (TPSA) is 57.7 Å². The maximum Gasteiger partial charge on any atom is 0.341 e. The highest BCUT2D eigenvalue weighted by molar-refractivity contribution is 7.91. The van der Waals surface area contributed by atoms with Crippen LogP contribution in [0.5, 0.6) is 0 Å². The average molecular weight is 400 g/mol. The monoisotopic (exact) mass is 400 g/mol. The van der Waals surface area contributed by atoms with Crippen LogP contribution in [0.1, 0.15) is 14.5 Å². The summed E-state index contributed by atoms with van der Waals surface area (Å²) in [6, 6.07) is 9.44. The van der Waals surface area contributed by atoms with Crippen molar-refractivity contribution in [3.63, 3.8) is 0 Å². The highest BCUT2D eigenvalue weighted by atomic mass is 32.2. The minimum atomic E-state index is -4.68. The third-order valence-electron chi connectivity index (χ3n) is 4.27. The lowest BCUT2D eigenvalue weighted by atomic mass is 10.2. The van der Waals surface area contributed by atoms with Crippen molar-refractivity contribution in [2.75, 3.05) is 31.1 Å². The molecule has 1 fully saturated rings. The molecule has 1 amide bonds. The lowest BCUT2D eigenvalue weighted by Crippen LogP contribution is -2.49. The molecule has 0 bridgehead atoms. The Hall–Kier alpha value is -2.00. The van der Waals surface area contributed by atoms with Crippen LogP contribution in [0.3, 0.4) is 0 Å². The number of carbonyl (C=O) groups is 1. The first-order valence-electron chi connectivity index (χ1n) is 8.02. The number of nitrogens with zero attached hydrogens (tertiary/aromatic N) is 2. The number of alkyl halides is 2. The van der Waals surface area contributed by atoms with Gasteiger partial charge < -0.3 is 9.80 Å². The Kier molecular flexibility index (Phi) is 5.29. The molecule has 1 aromatic carbocycles. The number of halogens is 2. The number of rotatable bonds is 4. The predicted molar refractivity (Wildman–Crippen MR) is 96.8 cm³/mol. The van der Waals surface area contributed by atoms with Gasteiger partial charge in [0.05, 0.1) is 15.5 Å². The van der Waals surface area contributed by atoms with Gasteiger partial charge in [0.25, 0.3) is 5.91 Å². The normalized spacial score (nSPS) is 15.5. The van der Waals surface area contributed by atoms with Crippen LogP contribution >= 0.6 is 11.3 Å². The van der Waals surface area contributed by atoms with Crippen molar-refractivity contribution in [2.24, 2.45) is 0 Å². The maximum atomic E-state index is 12.9. The molecule has 9 heteroatoms. The summed E-state index contributed by atoms with van der Waals surface area (Å²) < 4.78 is 49.7. The molecule has 1 aliphatic heterocycles. The summed E-state index contributed by atoms with van der Waals surface area (Å²) in [5.74, 6) is -3.52. The molecule has 0 atom stereocenters. The molecule has 0 N–H and O–H groups in total. The second-order valence-corrected chi connectivity index (χ2v) is 9.14. The van der Waals surface area contributed by atoms with E-state index in [1.54, 1.807) is 21.9 Å². The first-order valence-corrected chi connectivity index (χ1v) is 10.4. The van der Waals surface area contributed by atoms with E-state index in [1.807, 2.05) is 13.0 Å². The summed E-state index contributed by atoms with van der Waals surface area (Å²) in [5.41, 5.74) is 0.256. The Balaban J connectivity index is 1.76. The molecular formula is C17H18F2N2O3S2. The highest BCUT2D eigenvalue weighted by Crippen LogP contribution is 2.30. The number of benzene rings is 1. The van der Waals surface area contributed by atoms with E-state index in [-0.39, 0.29) is 16.5 Å². The maximum absolute atomic E-state index is 12.9. The lowest BCUT2D eigenvalue weighted by Gasteiger charge is -2.36. The van der Waals surface area contributed by atoms with Crippen molar-refractivity contribution >= 4 is 32.8 Å². The van der Waals surface area contributed by atoms with Gasteiger partial charge in [0.2, 0.25) is 9.84 Å². The third-order valence-corrected chi connectivity index (χ3v) is 6.68. The number of amides is 1. The van der Waals surface area contributed by atoms with Crippen molar-refractivity contribution in [2.45, 2.75) is 17.6 Å². The molecule has 0 saturated carbocycles. The first-order chi connectivity index (χ1) is 12.3. The van der Waals surface area contributed by atoms with Crippen LogP contribution < -0.4 is 4.90 Å². The van der Waals surface area contributed by atoms with Gasteiger partial charge in [0, 0.05) is 31.1 Å². The van der Waals surface area contributed by atoms with E-state index in [9.17, 15) is 22.0 Å². The fourth-order valence-corrected chi connectivity index (χ4v) is 4.70. The Morgan fingerprint density at radius 1 is 1.08 bits per heavy atom. The number of carbonyl (C=O) groups excluding carboxylic acids is 1. The van der Waals surface area contributed by atoms with Gasteiger partial charge in [-0.25, -0.2) is 8.42 Å². The molecule has 1 aromatic heterocycles. The zero-order valence-corrected chi connectivity index (χ0v) is 15.7. The second kappa shape index (κ2) is 7.32. The fraction of sp³-hybridized carbons (Fsp3) is 0.353. The second-order valence-electron chi connectivity index (χ2n) is 5.96. The SMILES string of the molecule is Cc1ccc(C(=O)N2CCN(c3ccccc3S(=O)(=O)C(F)F)CC2)s1. The molecule has 0 aliphatic carbocycles. The van der Waals surface area contributed by atoms with E-state index in [0.717, 1.165) is 4.88 Å². The van der Waals surface area contributed by atoms with Gasteiger partial charge in [0.1, 0.15) is 0 Å². The van der Waals surface area contributed by atoms with E-state index in [0.29, 0.717) is 31.1 Å². The molecule has 0 unspecified atom stereocenters. The summed E-state index contributed by atoms with van der Waals surface area (Å²) in [5, 5.41) is 0. The van der Waals surface area contributed by atoms with Crippen LogP contribution in [0.15, 0.2) is 41.3 Å². The number of sulfone groups is 1. The minimum Gasteiger partial charge on any atom is -0.367 e. The van der Waals surface area contributed by atoms with Crippen molar-refractivity contribution in [1.82, 2.24) is 4.90 Å². The van der Waals surface area contributed by atoms with E-state index >= 15 is 0 Å². The number of anilines is 1. The van der Waals surface area contributed by atoms with Crippen molar-refractivity contribution in [3.8, 4) is 0 Å². The molecule has 2 aromatic rings. The van der Waals surface area contributed by atoms with Gasteiger partial charge in [-0.05, 0) is 31.2 Å². The number of aryl methyl sites for hydroxylation is 1. The van der Waals surface area contributed by atoms with Crippen LogP contribution in [-0.4, -0.2) is 51.2 Å². The summed E-state index contributed by atoms with van der Waals surface area (Å²) >= 11 is 1.43. The summed E-state index contributed by atoms with van der Waals surface area (Å²) in [6.07, 6.45) is 0. The van der Waals surface area contributed by atoms with Crippen LogP contribution in [0.4, 0.5) is 14.5 Å². The molecule has 0 spiro atoms. The van der Waals surface area contributed by atoms with Gasteiger partial charge in [-0.15, -0.1) is 11.3 Å². The molecule has 5 nitrogen and oxygen atoms in total. The lowest BCUT2D eigenvalue weighted by molar-refractivity contribution is 0.0751. The number of para-hydroxylation sites is 1. The zero-order valence-electron chi connectivity index (χ0n) is 14.1. The Morgan fingerprint density at radius 3 is 2.31 bits per heavy atom.